The average molecular weight is 370 g/mol. The SMILES string of the molecule is Cc1cc(F)ccc1NC(=O)[C@@H]1CS[C@]2(c3ccccc3)CCC(=O)N12. The van der Waals surface area contributed by atoms with Crippen LogP contribution in [-0.4, -0.2) is 28.5 Å². The summed E-state index contributed by atoms with van der Waals surface area (Å²) >= 11 is 1.66. The number of hydrogen-bond acceptors (Lipinski definition) is 3. The zero-order valence-electron chi connectivity index (χ0n) is 14.4. The Kier molecular flexibility index (Phi) is 4.23. The molecule has 0 radical (unpaired) electrons. The largest absolute Gasteiger partial charge is 0.324 e. The van der Waals surface area contributed by atoms with Gasteiger partial charge in [-0.3, -0.25) is 9.59 Å². The van der Waals surface area contributed by atoms with Gasteiger partial charge in [-0.1, -0.05) is 30.3 Å². The number of carbonyl (C=O) groups excluding carboxylic acids is 2. The minimum absolute atomic E-state index is 0.00910. The van der Waals surface area contributed by atoms with Gasteiger partial charge in [0.05, 0.1) is 0 Å². The van der Waals surface area contributed by atoms with Gasteiger partial charge in [-0.15, -0.1) is 11.8 Å². The van der Waals surface area contributed by atoms with Gasteiger partial charge in [0.1, 0.15) is 16.7 Å². The minimum Gasteiger partial charge on any atom is -0.324 e. The van der Waals surface area contributed by atoms with Gasteiger partial charge in [-0.25, -0.2) is 4.39 Å². The maximum Gasteiger partial charge on any atom is 0.248 e. The molecule has 0 unspecified atom stereocenters. The molecule has 0 bridgehead atoms. The van der Waals surface area contributed by atoms with Crippen LogP contribution in [0.2, 0.25) is 0 Å². The van der Waals surface area contributed by atoms with Crippen molar-refractivity contribution in [2.75, 3.05) is 11.1 Å². The molecule has 2 aromatic rings. The molecule has 2 fully saturated rings. The number of nitrogens with zero attached hydrogens (tertiary/aromatic N) is 1. The number of rotatable bonds is 3. The summed E-state index contributed by atoms with van der Waals surface area (Å²) in [6.45, 7) is 1.75. The first-order valence-electron chi connectivity index (χ1n) is 8.60. The Labute approximate surface area is 155 Å². The number of nitrogens with one attached hydrogen (secondary N) is 1. The molecular formula is C20H19FN2O2S. The molecule has 4 nitrogen and oxygen atoms in total. The van der Waals surface area contributed by atoms with Crippen LogP contribution in [0.15, 0.2) is 48.5 Å². The van der Waals surface area contributed by atoms with Crippen molar-refractivity contribution in [3.8, 4) is 0 Å². The van der Waals surface area contributed by atoms with E-state index in [0.29, 0.717) is 29.8 Å². The molecular weight excluding hydrogens is 351 g/mol. The van der Waals surface area contributed by atoms with Gasteiger partial charge >= 0.3 is 0 Å². The van der Waals surface area contributed by atoms with E-state index >= 15 is 0 Å². The number of carbonyl (C=O) groups is 2. The fourth-order valence-electron chi connectivity index (χ4n) is 3.82. The van der Waals surface area contributed by atoms with Crippen molar-refractivity contribution in [3.63, 3.8) is 0 Å². The fourth-order valence-corrected chi connectivity index (χ4v) is 5.47. The van der Waals surface area contributed by atoms with E-state index in [2.05, 4.69) is 5.32 Å². The maximum absolute atomic E-state index is 13.3. The lowest BCUT2D eigenvalue weighted by atomic mass is 10.0. The van der Waals surface area contributed by atoms with Gasteiger partial charge in [0, 0.05) is 17.9 Å². The number of aryl methyl sites for hydroxylation is 1. The number of halogens is 1. The second-order valence-electron chi connectivity index (χ2n) is 6.69. The number of benzene rings is 2. The van der Waals surface area contributed by atoms with Crippen molar-refractivity contribution in [1.29, 1.82) is 0 Å². The van der Waals surface area contributed by atoms with Crippen LogP contribution in [0, 0.1) is 12.7 Å². The molecule has 2 aromatic carbocycles. The number of hydrogen-bond donors (Lipinski definition) is 1. The number of amides is 2. The fraction of sp³-hybridized carbons (Fsp3) is 0.300. The molecule has 2 saturated heterocycles. The van der Waals surface area contributed by atoms with Crippen LogP contribution in [0.3, 0.4) is 0 Å². The highest BCUT2D eigenvalue weighted by atomic mass is 32.2. The Morgan fingerprint density at radius 2 is 2.04 bits per heavy atom. The quantitative estimate of drug-likeness (QED) is 0.897. The Hall–Kier alpha value is -2.34. The lowest BCUT2D eigenvalue weighted by Crippen LogP contribution is -2.48. The van der Waals surface area contributed by atoms with E-state index in [9.17, 15) is 14.0 Å². The third-order valence-electron chi connectivity index (χ3n) is 5.10. The maximum atomic E-state index is 13.3. The Morgan fingerprint density at radius 3 is 2.77 bits per heavy atom. The molecule has 0 aromatic heterocycles. The van der Waals surface area contributed by atoms with Crippen LogP contribution in [0.1, 0.15) is 24.0 Å². The number of thioether (sulfide) groups is 1. The number of fused-ring (bicyclic) bond motifs is 1. The average Bonchev–Trinajstić information content (AvgIpc) is 3.18. The van der Waals surface area contributed by atoms with E-state index in [1.54, 1.807) is 29.7 Å². The topological polar surface area (TPSA) is 49.4 Å². The molecule has 2 aliphatic heterocycles. The van der Waals surface area contributed by atoms with E-state index in [1.807, 2.05) is 30.3 Å². The smallest absolute Gasteiger partial charge is 0.248 e. The molecule has 2 atom stereocenters. The molecule has 0 spiro atoms. The molecule has 2 aliphatic rings. The lowest BCUT2D eigenvalue weighted by molar-refractivity contribution is -0.136. The Balaban J connectivity index is 1.62. The lowest BCUT2D eigenvalue weighted by Gasteiger charge is -2.34. The van der Waals surface area contributed by atoms with Gasteiger partial charge in [0.25, 0.3) is 0 Å². The highest BCUT2D eigenvalue weighted by Gasteiger charge is 2.56. The van der Waals surface area contributed by atoms with Gasteiger partial charge < -0.3 is 10.2 Å². The van der Waals surface area contributed by atoms with Crippen molar-refractivity contribution < 1.29 is 14.0 Å². The standard InChI is InChI=1S/C20H19FN2O2S/c1-13-11-15(21)7-8-16(13)22-19(25)17-12-26-20(10-9-18(24)23(17)20)14-5-3-2-4-6-14/h2-8,11,17H,9-10,12H2,1H3,(H,22,25)/t17-,20-/m0/s1. The number of anilines is 1. The molecule has 2 heterocycles. The molecule has 2 amide bonds. The highest BCUT2D eigenvalue weighted by molar-refractivity contribution is 8.00. The Morgan fingerprint density at radius 1 is 1.27 bits per heavy atom. The van der Waals surface area contributed by atoms with Gasteiger partial charge in [-0.05, 0) is 42.7 Å². The minimum atomic E-state index is -0.528. The molecule has 6 heteroatoms. The molecule has 1 N–H and O–H groups in total. The third kappa shape index (κ3) is 2.69. The van der Waals surface area contributed by atoms with E-state index in [1.165, 1.54) is 12.1 Å². The summed E-state index contributed by atoms with van der Waals surface area (Å²) in [7, 11) is 0. The van der Waals surface area contributed by atoms with Crippen LogP contribution < -0.4 is 5.32 Å². The first-order valence-corrected chi connectivity index (χ1v) is 9.58. The van der Waals surface area contributed by atoms with Crippen molar-refractivity contribution in [1.82, 2.24) is 4.90 Å². The van der Waals surface area contributed by atoms with Gasteiger partial charge in [0.2, 0.25) is 11.8 Å². The van der Waals surface area contributed by atoms with Crippen LogP contribution in [0.25, 0.3) is 0 Å². The molecule has 26 heavy (non-hydrogen) atoms. The molecule has 134 valence electrons. The zero-order chi connectivity index (χ0) is 18.3. The van der Waals surface area contributed by atoms with E-state index < -0.39 is 10.9 Å². The summed E-state index contributed by atoms with van der Waals surface area (Å²) in [5.41, 5.74) is 2.29. The van der Waals surface area contributed by atoms with Crippen LogP contribution in [0.5, 0.6) is 0 Å². The third-order valence-corrected chi connectivity index (χ3v) is 6.70. The van der Waals surface area contributed by atoms with E-state index in [-0.39, 0.29) is 17.6 Å². The van der Waals surface area contributed by atoms with E-state index in [0.717, 1.165) is 5.56 Å². The predicted octanol–water partition coefficient (Wildman–Crippen LogP) is 3.66. The molecule has 0 saturated carbocycles. The zero-order valence-corrected chi connectivity index (χ0v) is 15.2. The van der Waals surface area contributed by atoms with Crippen molar-refractivity contribution in [2.24, 2.45) is 0 Å². The predicted molar refractivity (Wildman–Crippen MR) is 100 cm³/mol. The Bertz CT molecular complexity index is 873. The summed E-state index contributed by atoms with van der Waals surface area (Å²) in [4.78, 5) is 26.8. The highest BCUT2D eigenvalue weighted by Crippen LogP contribution is 2.54. The van der Waals surface area contributed by atoms with Crippen LogP contribution in [-0.2, 0) is 14.5 Å². The summed E-state index contributed by atoms with van der Waals surface area (Å²) in [5.74, 6) is -0.00276. The molecule has 4 rings (SSSR count). The van der Waals surface area contributed by atoms with Crippen LogP contribution in [0.4, 0.5) is 10.1 Å². The first-order chi connectivity index (χ1) is 12.5. The van der Waals surface area contributed by atoms with Crippen LogP contribution >= 0.6 is 11.8 Å². The summed E-state index contributed by atoms with van der Waals surface area (Å²) in [6, 6.07) is 13.6. The summed E-state index contributed by atoms with van der Waals surface area (Å²) < 4.78 is 13.3. The van der Waals surface area contributed by atoms with Gasteiger partial charge in [-0.2, -0.15) is 0 Å². The van der Waals surface area contributed by atoms with Crippen molar-refractivity contribution in [3.05, 3.63) is 65.5 Å². The summed E-state index contributed by atoms with van der Waals surface area (Å²) in [6.07, 6.45) is 1.15. The second-order valence-corrected chi connectivity index (χ2v) is 7.99. The summed E-state index contributed by atoms with van der Waals surface area (Å²) in [5, 5.41) is 2.87. The second kappa shape index (κ2) is 6.43. The monoisotopic (exact) mass is 370 g/mol. The normalized spacial score (nSPS) is 24.6. The molecule has 0 aliphatic carbocycles. The van der Waals surface area contributed by atoms with Crippen molar-refractivity contribution in [2.45, 2.75) is 30.7 Å². The first kappa shape index (κ1) is 17.1. The van der Waals surface area contributed by atoms with E-state index in [4.69, 9.17) is 0 Å². The van der Waals surface area contributed by atoms with Crippen molar-refractivity contribution >= 4 is 29.3 Å². The van der Waals surface area contributed by atoms with Gasteiger partial charge in [0.15, 0.2) is 0 Å².